The van der Waals surface area contributed by atoms with E-state index >= 15 is 0 Å². The Morgan fingerprint density at radius 1 is 1.00 bits per heavy atom. The fraction of sp³-hybridized carbons (Fsp3) is 0.344. The molecule has 3 N–H and O–H groups in total. The minimum absolute atomic E-state index is 0.170. The molecule has 0 bridgehead atoms. The van der Waals surface area contributed by atoms with Crippen LogP contribution >= 0.6 is 0 Å². The Kier molecular flexibility index (Phi) is 8.09. The highest BCUT2D eigenvalue weighted by Crippen LogP contribution is 2.41. The average Bonchev–Trinajstić information content (AvgIpc) is 3.00. The van der Waals surface area contributed by atoms with Gasteiger partial charge in [-0.25, -0.2) is 4.79 Å². The summed E-state index contributed by atoms with van der Waals surface area (Å²) in [4.78, 5) is 43.5. The molecule has 0 spiro atoms. The second kappa shape index (κ2) is 11.3. The summed E-state index contributed by atoms with van der Waals surface area (Å²) in [5, 5.41) is 3.04. The number of urea groups is 1. The number of para-hydroxylation sites is 1. The summed E-state index contributed by atoms with van der Waals surface area (Å²) in [5.41, 5.74) is 10.8. The van der Waals surface area contributed by atoms with Crippen LogP contribution in [0.5, 0.6) is 0 Å². The average molecular weight is 527 g/mol. The van der Waals surface area contributed by atoms with E-state index in [2.05, 4.69) is 17.4 Å². The second-order valence-corrected chi connectivity index (χ2v) is 11.0. The molecule has 0 aliphatic carbocycles. The van der Waals surface area contributed by atoms with Gasteiger partial charge in [0, 0.05) is 22.8 Å². The Labute approximate surface area is 231 Å². The number of primary amides is 1. The number of amides is 4. The van der Waals surface area contributed by atoms with E-state index in [9.17, 15) is 14.4 Å². The number of hydrogen-bond donors (Lipinski definition) is 2. The first kappa shape index (κ1) is 27.9. The van der Waals surface area contributed by atoms with E-state index in [1.54, 1.807) is 6.07 Å². The number of aryl methyl sites for hydroxylation is 2. The van der Waals surface area contributed by atoms with Crippen LogP contribution in [0.3, 0.4) is 0 Å². The Morgan fingerprint density at radius 2 is 1.69 bits per heavy atom. The van der Waals surface area contributed by atoms with Crippen molar-refractivity contribution in [3.63, 3.8) is 0 Å². The van der Waals surface area contributed by atoms with Crippen molar-refractivity contribution in [2.75, 3.05) is 16.3 Å². The van der Waals surface area contributed by atoms with Gasteiger partial charge in [-0.2, -0.15) is 0 Å². The zero-order chi connectivity index (χ0) is 28.3. The fourth-order valence-corrected chi connectivity index (χ4v) is 5.16. The molecule has 0 saturated carbocycles. The number of benzene rings is 3. The molecule has 0 saturated heterocycles. The lowest BCUT2D eigenvalue weighted by Gasteiger charge is -2.33. The van der Waals surface area contributed by atoms with Crippen LogP contribution in [0.2, 0.25) is 0 Å². The number of anilines is 2. The minimum Gasteiger partial charge on any atom is -0.351 e. The Bertz CT molecular complexity index is 1370. The first-order valence-electron chi connectivity index (χ1n) is 13.4. The van der Waals surface area contributed by atoms with Crippen molar-refractivity contribution in [1.29, 1.82) is 0 Å². The predicted octanol–water partition coefficient (Wildman–Crippen LogP) is 5.43. The Balaban J connectivity index is 1.87. The second-order valence-electron chi connectivity index (χ2n) is 11.0. The van der Waals surface area contributed by atoms with Gasteiger partial charge in [0.2, 0.25) is 5.91 Å². The van der Waals surface area contributed by atoms with Crippen molar-refractivity contribution in [1.82, 2.24) is 5.32 Å². The van der Waals surface area contributed by atoms with Gasteiger partial charge < -0.3 is 16.0 Å². The molecule has 0 radical (unpaired) electrons. The SMILES string of the molecule is CCC(C)(C)NC(=O)CN1C(=O)C(N(C(N)=O)c2cccc(C)c2)CC(c2ccc(C)cc2)c2ccccc21. The van der Waals surface area contributed by atoms with Gasteiger partial charge in [-0.1, -0.05) is 67.1 Å². The number of nitrogens with zero attached hydrogens (tertiary/aromatic N) is 2. The van der Waals surface area contributed by atoms with Crippen molar-refractivity contribution in [3.8, 4) is 0 Å². The van der Waals surface area contributed by atoms with Crippen LogP contribution in [0.25, 0.3) is 0 Å². The lowest BCUT2D eigenvalue weighted by molar-refractivity contribution is -0.125. The fourth-order valence-electron chi connectivity index (χ4n) is 5.16. The largest absolute Gasteiger partial charge is 0.351 e. The lowest BCUT2D eigenvalue weighted by Crippen LogP contribution is -2.55. The molecular formula is C32H38N4O3. The first-order valence-corrected chi connectivity index (χ1v) is 13.4. The predicted molar refractivity (Wildman–Crippen MR) is 156 cm³/mol. The van der Waals surface area contributed by atoms with Crippen LogP contribution in [0, 0.1) is 13.8 Å². The highest BCUT2D eigenvalue weighted by molar-refractivity contribution is 6.08. The molecule has 4 amide bonds. The van der Waals surface area contributed by atoms with E-state index < -0.39 is 17.6 Å². The third-order valence-corrected chi connectivity index (χ3v) is 7.59. The summed E-state index contributed by atoms with van der Waals surface area (Å²) in [5.74, 6) is -0.817. The molecule has 3 aromatic rings. The van der Waals surface area contributed by atoms with Gasteiger partial charge in [0.25, 0.3) is 5.91 Å². The summed E-state index contributed by atoms with van der Waals surface area (Å²) in [6.07, 6.45) is 1.05. The maximum atomic E-state index is 14.4. The van der Waals surface area contributed by atoms with Crippen molar-refractivity contribution in [2.24, 2.45) is 5.73 Å². The number of hydrogen-bond acceptors (Lipinski definition) is 3. The van der Waals surface area contributed by atoms with Gasteiger partial charge in [-0.05, 0) is 75.4 Å². The number of fused-ring (bicyclic) bond motifs is 1. The van der Waals surface area contributed by atoms with Crippen molar-refractivity contribution >= 4 is 29.2 Å². The number of rotatable bonds is 7. The van der Waals surface area contributed by atoms with Crippen molar-refractivity contribution in [3.05, 3.63) is 95.1 Å². The number of carbonyl (C=O) groups is 3. The molecule has 3 aromatic carbocycles. The van der Waals surface area contributed by atoms with E-state index in [-0.39, 0.29) is 24.3 Å². The molecule has 7 nitrogen and oxygen atoms in total. The van der Waals surface area contributed by atoms with Gasteiger partial charge in [-0.3, -0.25) is 14.5 Å². The third-order valence-electron chi connectivity index (χ3n) is 7.59. The number of carbonyl (C=O) groups excluding carboxylic acids is 3. The smallest absolute Gasteiger partial charge is 0.320 e. The molecule has 4 rings (SSSR count). The number of nitrogens with two attached hydrogens (primary N) is 1. The molecule has 39 heavy (non-hydrogen) atoms. The summed E-state index contributed by atoms with van der Waals surface area (Å²) in [7, 11) is 0. The van der Waals surface area contributed by atoms with E-state index in [1.807, 2.05) is 89.2 Å². The molecule has 0 fully saturated rings. The molecule has 1 aliphatic heterocycles. The highest BCUT2D eigenvalue weighted by Gasteiger charge is 2.41. The van der Waals surface area contributed by atoms with Crippen molar-refractivity contribution in [2.45, 2.75) is 65.0 Å². The van der Waals surface area contributed by atoms with Gasteiger partial charge >= 0.3 is 6.03 Å². The summed E-state index contributed by atoms with van der Waals surface area (Å²) >= 11 is 0. The van der Waals surface area contributed by atoms with E-state index in [0.29, 0.717) is 17.8 Å². The van der Waals surface area contributed by atoms with Crippen LogP contribution in [0.15, 0.2) is 72.8 Å². The zero-order valence-corrected chi connectivity index (χ0v) is 23.4. The Morgan fingerprint density at radius 3 is 2.33 bits per heavy atom. The molecular weight excluding hydrogens is 488 g/mol. The van der Waals surface area contributed by atoms with Gasteiger partial charge in [-0.15, -0.1) is 0 Å². The molecule has 2 atom stereocenters. The van der Waals surface area contributed by atoms with E-state index in [0.717, 1.165) is 28.7 Å². The van der Waals surface area contributed by atoms with Crippen molar-refractivity contribution < 1.29 is 14.4 Å². The molecule has 0 aromatic heterocycles. The van der Waals surface area contributed by atoms with Crippen LogP contribution in [-0.2, 0) is 9.59 Å². The zero-order valence-electron chi connectivity index (χ0n) is 23.4. The molecule has 2 unspecified atom stereocenters. The molecule has 1 aliphatic rings. The summed E-state index contributed by atoms with van der Waals surface area (Å²) in [6.45, 7) is 9.69. The summed E-state index contributed by atoms with van der Waals surface area (Å²) < 4.78 is 0. The highest BCUT2D eigenvalue weighted by atomic mass is 16.2. The normalized spacial score (nSPS) is 17.3. The maximum absolute atomic E-state index is 14.4. The Hall–Kier alpha value is -4.13. The van der Waals surface area contributed by atoms with Gasteiger partial charge in [0.15, 0.2) is 0 Å². The molecule has 7 heteroatoms. The van der Waals surface area contributed by atoms with Crippen LogP contribution in [0.1, 0.15) is 61.8 Å². The third kappa shape index (κ3) is 6.14. The minimum atomic E-state index is -0.921. The molecule has 204 valence electrons. The topological polar surface area (TPSA) is 95.7 Å². The van der Waals surface area contributed by atoms with Crippen LogP contribution in [-0.4, -0.2) is 36.0 Å². The van der Waals surface area contributed by atoms with E-state index in [1.165, 1.54) is 9.80 Å². The van der Waals surface area contributed by atoms with Gasteiger partial charge in [0.05, 0.1) is 0 Å². The maximum Gasteiger partial charge on any atom is 0.320 e. The monoisotopic (exact) mass is 526 g/mol. The van der Waals surface area contributed by atoms with E-state index in [4.69, 9.17) is 5.73 Å². The van der Waals surface area contributed by atoms with Gasteiger partial charge in [0.1, 0.15) is 12.6 Å². The van der Waals surface area contributed by atoms with Crippen LogP contribution in [0.4, 0.5) is 16.2 Å². The molecule has 1 heterocycles. The standard InChI is InChI=1S/C32H38N4O3/c1-6-32(4,5)34-29(37)20-35-27-13-8-7-12-25(27)26(23-16-14-21(2)15-17-23)19-28(30(35)38)36(31(33)39)24-11-9-10-22(3)18-24/h7-18,26,28H,6,19-20H2,1-5H3,(H2,33,39)(H,34,37). The van der Waals surface area contributed by atoms with Crippen LogP contribution < -0.4 is 20.9 Å². The first-order chi connectivity index (χ1) is 18.5. The lowest BCUT2D eigenvalue weighted by atomic mass is 9.85. The number of nitrogens with one attached hydrogen (secondary N) is 1. The summed E-state index contributed by atoms with van der Waals surface area (Å²) in [6, 6.07) is 21.6. The quantitative estimate of drug-likeness (QED) is 0.430.